The number of carbonyl (C=O) groups excluding carboxylic acids is 3. The van der Waals surface area contributed by atoms with Crippen LogP contribution in [0, 0.1) is 11.3 Å². The Balaban J connectivity index is 6.17. The first-order valence-electron chi connectivity index (χ1n) is 7.88. The van der Waals surface area contributed by atoms with Crippen molar-refractivity contribution in [2.75, 3.05) is 6.54 Å². The molecule has 0 saturated heterocycles. The number of isocyanates is 3. The maximum absolute atomic E-state index is 11.1. The van der Waals surface area contributed by atoms with Crippen LogP contribution in [0.4, 0.5) is 0 Å². The van der Waals surface area contributed by atoms with E-state index in [1.807, 2.05) is 13.8 Å². The third-order valence-corrected chi connectivity index (χ3v) is 5.54. The lowest BCUT2D eigenvalue weighted by atomic mass is 9.57. The van der Waals surface area contributed by atoms with Gasteiger partial charge in [0.15, 0.2) is 0 Å². The van der Waals surface area contributed by atoms with E-state index in [1.165, 1.54) is 12.2 Å². The highest BCUT2D eigenvalue weighted by molar-refractivity contribution is 5.41. The lowest BCUT2D eigenvalue weighted by Gasteiger charge is -2.51. The fraction of sp³-hybridized carbons (Fsp3) is 0.824. The summed E-state index contributed by atoms with van der Waals surface area (Å²) < 4.78 is 0. The van der Waals surface area contributed by atoms with Gasteiger partial charge in [0, 0.05) is 0 Å². The number of hydrogen-bond donors (Lipinski definition) is 0. The summed E-state index contributed by atoms with van der Waals surface area (Å²) in [5.41, 5.74) is -2.76. The van der Waals surface area contributed by atoms with Crippen LogP contribution in [0.5, 0.6) is 0 Å². The number of hydrogen-bond acceptors (Lipinski definition) is 6. The van der Waals surface area contributed by atoms with Crippen LogP contribution in [-0.4, -0.2) is 35.9 Å². The topological polar surface area (TPSA) is 88.3 Å². The molecule has 0 aromatic heterocycles. The normalized spacial score (nSPS) is 17.5. The summed E-state index contributed by atoms with van der Waals surface area (Å²) in [7, 11) is 0. The van der Waals surface area contributed by atoms with Gasteiger partial charge in [-0.2, -0.15) is 9.98 Å². The molecule has 0 fully saturated rings. The summed E-state index contributed by atoms with van der Waals surface area (Å²) in [4.78, 5) is 44.0. The highest BCUT2D eigenvalue weighted by Crippen LogP contribution is 2.49. The van der Waals surface area contributed by atoms with E-state index in [9.17, 15) is 14.4 Å². The van der Waals surface area contributed by atoms with Crippen molar-refractivity contribution in [3.05, 3.63) is 0 Å². The Kier molecular flexibility index (Phi) is 7.99. The Bertz CT molecular complexity index is 541. The molecule has 0 spiro atoms. The van der Waals surface area contributed by atoms with Crippen molar-refractivity contribution in [2.45, 2.75) is 71.9 Å². The van der Waals surface area contributed by atoms with Gasteiger partial charge in [0.05, 0.1) is 6.54 Å². The van der Waals surface area contributed by atoms with Crippen molar-refractivity contribution < 1.29 is 14.4 Å². The standard InChI is InChI=1S/C17H27N3O3/c1-7-8-9-14(2)15(3,4)17(6,20-13-23)16(5,19-12-22)10-18-11-21/h14H,7-10H2,1-6H3. The molecule has 0 aromatic carbocycles. The quantitative estimate of drug-likeness (QED) is 0.456. The summed E-state index contributed by atoms with van der Waals surface area (Å²) in [6.45, 7) is 11.5. The van der Waals surface area contributed by atoms with Gasteiger partial charge in [0.25, 0.3) is 0 Å². The summed E-state index contributed by atoms with van der Waals surface area (Å²) >= 11 is 0. The first-order chi connectivity index (χ1) is 10.7. The molecular weight excluding hydrogens is 294 g/mol. The Morgan fingerprint density at radius 3 is 1.96 bits per heavy atom. The molecule has 0 saturated carbocycles. The number of nitrogens with zero attached hydrogens (tertiary/aromatic N) is 3. The third kappa shape index (κ3) is 4.33. The molecule has 6 heteroatoms. The molecule has 0 N–H and O–H groups in total. The number of unbranched alkanes of at least 4 members (excludes halogenated alkanes) is 1. The predicted octanol–water partition coefficient (Wildman–Crippen LogP) is 3.36. The Morgan fingerprint density at radius 1 is 0.957 bits per heavy atom. The molecule has 0 aliphatic carbocycles. The third-order valence-electron chi connectivity index (χ3n) is 5.54. The van der Waals surface area contributed by atoms with Gasteiger partial charge in [-0.25, -0.2) is 19.4 Å². The zero-order valence-corrected chi connectivity index (χ0v) is 15.0. The molecule has 0 aromatic rings. The van der Waals surface area contributed by atoms with Crippen molar-refractivity contribution in [3.63, 3.8) is 0 Å². The van der Waals surface area contributed by atoms with E-state index in [1.54, 1.807) is 19.9 Å². The van der Waals surface area contributed by atoms with E-state index in [0.717, 1.165) is 19.3 Å². The maximum atomic E-state index is 11.1. The van der Waals surface area contributed by atoms with Crippen molar-refractivity contribution in [2.24, 2.45) is 26.3 Å². The molecular formula is C17H27N3O3. The van der Waals surface area contributed by atoms with Crippen molar-refractivity contribution in [1.29, 1.82) is 0 Å². The molecule has 23 heavy (non-hydrogen) atoms. The average Bonchev–Trinajstić information content (AvgIpc) is 2.50. The minimum absolute atomic E-state index is 0.0999. The van der Waals surface area contributed by atoms with E-state index >= 15 is 0 Å². The fourth-order valence-corrected chi connectivity index (χ4v) is 2.99. The van der Waals surface area contributed by atoms with E-state index in [2.05, 4.69) is 28.8 Å². The second kappa shape index (κ2) is 8.69. The smallest absolute Gasteiger partial charge is 0.211 e. The first kappa shape index (κ1) is 21.1. The van der Waals surface area contributed by atoms with Gasteiger partial charge in [0.1, 0.15) is 11.1 Å². The van der Waals surface area contributed by atoms with E-state index in [-0.39, 0.29) is 12.5 Å². The van der Waals surface area contributed by atoms with Crippen LogP contribution in [0.2, 0.25) is 0 Å². The van der Waals surface area contributed by atoms with Gasteiger partial charge < -0.3 is 0 Å². The zero-order chi connectivity index (χ0) is 18.1. The average molecular weight is 321 g/mol. The molecule has 0 amide bonds. The van der Waals surface area contributed by atoms with Crippen LogP contribution in [0.25, 0.3) is 0 Å². The van der Waals surface area contributed by atoms with Gasteiger partial charge in [0.2, 0.25) is 18.2 Å². The van der Waals surface area contributed by atoms with Crippen molar-refractivity contribution in [1.82, 2.24) is 0 Å². The molecule has 6 nitrogen and oxygen atoms in total. The van der Waals surface area contributed by atoms with Gasteiger partial charge in [-0.15, -0.1) is 0 Å². The van der Waals surface area contributed by atoms with Crippen LogP contribution in [0.3, 0.4) is 0 Å². The monoisotopic (exact) mass is 321 g/mol. The molecule has 0 heterocycles. The highest BCUT2D eigenvalue weighted by Gasteiger charge is 2.56. The second-order valence-electron chi connectivity index (χ2n) is 6.92. The molecule has 0 aliphatic heterocycles. The second-order valence-corrected chi connectivity index (χ2v) is 6.92. The van der Waals surface area contributed by atoms with Crippen LogP contribution in [-0.2, 0) is 14.4 Å². The van der Waals surface area contributed by atoms with E-state index in [0.29, 0.717) is 0 Å². The molecule has 0 aliphatic rings. The summed E-state index contributed by atoms with van der Waals surface area (Å²) in [6.07, 6.45) is 7.66. The van der Waals surface area contributed by atoms with Gasteiger partial charge in [-0.3, -0.25) is 0 Å². The molecule has 0 bridgehead atoms. The van der Waals surface area contributed by atoms with Crippen LogP contribution >= 0.6 is 0 Å². The number of rotatable bonds is 10. The minimum atomic E-state index is -1.19. The number of aliphatic imine (C=N–C) groups is 3. The minimum Gasteiger partial charge on any atom is -0.211 e. The van der Waals surface area contributed by atoms with Crippen molar-refractivity contribution >= 4 is 18.2 Å². The molecule has 3 unspecified atom stereocenters. The Morgan fingerprint density at radius 2 is 1.52 bits per heavy atom. The molecule has 0 rings (SSSR count). The lowest BCUT2D eigenvalue weighted by Crippen LogP contribution is -2.60. The van der Waals surface area contributed by atoms with Gasteiger partial charge in [-0.1, -0.05) is 47.0 Å². The fourth-order valence-electron chi connectivity index (χ4n) is 2.99. The SMILES string of the molecule is CCCCC(C)C(C)(C)C(C)(N=C=O)C(C)(CN=C=O)N=C=O. The summed E-state index contributed by atoms with van der Waals surface area (Å²) in [5.74, 6) is 0.200. The van der Waals surface area contributed by atoms with Crippen molar-refractivity contribution in [3.8, 4) is 0 Å². The lowest BCUT2D eigenvalue weighted by molar-refractivity contribution is 0.0469. The molecule has 128 valence electrons. The predicted molar refractivity (Wildman–Crippen MR) is 88.5 cm³/mol. The maximum Gasteiger partial charge on any atom is 0.235 e. The van der Waals surface area contributed by atoms with Gasteiger partial charge >= 0.3 is 0 Å². The van der Waals surface area contributed by atoms with Crippen LogP contribution in [0.1, 0.15) is 60.8 Å². The zero-order valence-electron chi connectivity index (χ0n) is 15.0. The highest BCUT2D eigenvalue weighted by atomic mass is 16.1. The Labute approximate surface area is 138 Å². The molecule has 0 radical (unpaired) electrons. The molecule has 3 atom stereocenters. The Hall–Kier alpha value is -1.86. The van der Waals surface area contributed by atoms with Crippen LogP contribution in [0.15, 0.2) is 15.0 Å². The first-order valence-corrected chi connectivity index (χ1v) is 7.88. The van der Waals surface area contributed by atoms with Crippen LogP contribution < -0.4 is 0 Å². The van der Waals surface area contributed by atoms with E-state index in [4.69, 9.17) is 0 Å². The van der Waals surface area contributed by atoms with E-state index < -0.39 is 16.5 Å². The largest absolute Gasteiger partial charge is 0.235 e. The summed E-state index contributed by atoms with van der Waals surface area (Å²) in [6, 6.07) is 0. The van der Waals surface area contributed by atoms with Gasteiger partial charge in [-0.05, 0) is 25.2 Å². The summed E-state index contributed by atoms with van der Waals surface area (Å²) in [5, 5.41) is 0.